The fraction of sp³-hybridized carbons (Fsp3) is 0.958. The first-order chi connectivity index (χ1) is 19.6. The number of hydrogen-bond acceptors (Lipinski definition) is 11. The summed E-state index contributed by atoms with van der Waals surface area (Å²) in [7, 11) is -9.42. The van der Waals surface area contributed by atoms with Crippen molar-refractivity contribution in [2.75, 3.05) is 90.5 Å². The second-order valence-electron chi connectivity index (χ2n) is 10.9. The largest absolute Gasteiger partial charge is 0.748 e. The molecule has 1 unspecified atom stereocenters. The Morgan fingerprint density at radius 1 is 0.738 bits per heavy atom. The summed E-state index contributed by atoms with van der Waals surface area (Å²) in [5.41, 5.74) is 0. The summed E-state index contributed by atoms with van der Waals surface area (Å²) >= 11 is 0. The number of aliphatic carboxylic acids is 1. The topological polar surface area (TPSA) is 195 Å². The molecule has 0 aromatic rings. The van der Waals surface area contributed by atoms with Crippen LogP contribution >= 0.6 is 0 Å². The van der Waals surface area contributed by atoms with Crippen molar-refractivity contribution in [3.8, 4) is 0 Å². The van der Waals surface area contributed by atoms with Crippen molar-refractivity contribution in [1.29, 1.82) is 0 Å². The van der Waals surface area contributed by atoms with Crippen molar-refractivity contribution in [3.05, 3.63) is 0 Å². The van der Waals surface area contributed by atoms with Crippen LogP contribution in [-0.4, -0.2) is 151 Å². The maximum atomic E-state index is 11.2. The molecule has 14 nitrogen and oxygen atoms in total. The fourth-order valence-electron chi connectivity index (χ4n) is 4.25. The Hall–Kier alpha value is -0.516. The smallest absolute Gasteiger partial charge is 0.305 e. The molecule has 0 spiro atoms. The zero-order valence-corrected chi connectivity index (χ0v) is 30.1. The monoisotopic (exact) mass is 683 g/mol. The first kappa shape index (κ1) is 41.5. The van der Waals surface area contributed by atoms with Gasteiger partial charge in [0.25, 0.3) is 10.1 Å². The minimum absolute atomic E-state index is 0.0439. The van der Waals surface area contributed by atoms with E-state index < -0.39 is 40.3 Å². The first-order valence-corrected chi connectivity index (χ1v) is 21.5. The van der Waals surface area contributed by atoms with Crippen LogP contribution in [0.25, 0.3) is 0 Å². The number of carbonyl (C=O) groups is 1. The Balaban J connectivity index is 4.78. The van der Waals surface area contributed by atoms with Crippen LogP contribution in [0.1, 0.15) is 38.5 Å². The van der Waals surface area contributed by atoms with Gasteiger partial charge in [-0.2, -0.15) is 8.42 Å². The van der Waals surface area contributed by atoms with Crippen molar-refractivity contribution in [2.45, 2.75) is 57.7 Å². The molecule has 0 bridgehead atoms. The average molecular weight is 684 g/mol. The molecular weight excluding hydrogens is 631 g/mol. The Bertz CT molecular complexity index is 881. The lowest BCUT2D eigenvalue weighted by atomic mass is 10.2. The molecule has 18 heteroatoms. The SMILES string of the molecule is C[Si](C)(CCC[N+](CCCCS(=O)(=O)[O-])(CCCCS(=O)(=O)O)CCOCCOCCOCCOCCC(=O)O)O[SiH3]. The number of unbranched alkanes of at least 4 members (excludes halogenated alkanes) is 2. The molecule has 0 saturated heterocycles. The summed E-state index contributed by atoms with van der Waals surface area (Å²) in [6.07, 6.45) is 2.51. The van der Waals surface area contributed by atoms with E-state index in [1.165, 1.54) is 0 Å². The molecule has 0 heterocycles. The number of quaternary nitrogens is 1. The maximum Gasteiger partial charge on any atom is 0.305 e. The van der Waals surface area contributed by atoms with E-state index in [0.29, 0.717) is 100 Å². The minimum atomic E-state index is -4.29. The van der Waals surface area contributed by atoms with Crippen molar-refractivity contribution >= 4 is 45.0 Å². The van der Waals surface area contributed by atoms with Crippen molar-refractivity contribution < 1.29 is 63.4 Å². The van der Waals surface area contributed by atoms with Crippen LogP contribution in [0.5, 0.6) is 0 Å². The van der Waals surface area contributed by atoms with E-state index >= 15 is 0 Å². The first-order valence-electron chi connectivity index (χ1n) is 14.4. The summed E-state index contributed by atoms with van der Waals surface area (Å²) in [5.74, 6) is -1.64. The van der Waals surface area contributed by atoms with Crippen molar-refractivity contribution in [3.63, 3.8) is 0 Å². The number of ether oxygens (including phenoxy) is 4. The van der Waals surface area contributed by atoms with Crippen LogP contribution in [0.4, 0.5) is 0 Å². The van der Waals surface area contributed by atoms with E-state index in [2.05, 4.69) is 13.1 Å². The summed E-state index contributed by atoms with van der Waals surface area (Å²) in [5, 5.41) is 8.54. The average Bonchev–Trinajstić information content (AvgIpc) is 2.88. The van der Waals surface area contributed by atoms with Crippen LogP contribution in [-0.2, 0) is 48.1 Å². The van der Waals surface area contributed by atoms with Crippen LogP contribution in [0.15, 0.2) is 0 Å². The molecule has 0 fully saturated rings. The van der Waals surface area contributed by atoms with Crippen LogP contribution < -0.4 is 0 Å². The summed E-state index contributed by atoms with van der Waals surface area (Å²) in [4.78, 5) is 10.4. The predicted octanol–water partition coefficient (Wildman–Crippen LogP) is 0.230. The highest BCUT2D eigenvalue weighted by molar-refractivity contribution is 7.85. The van der Waals surface area contributed by atoms with Crippen LogP contribution in [0, 0.1) is 0 Å². The van der Waals surface area contributed by atoms with Gasteiger partial charge in [-0.3, -0.25) is 9.35 Å². The second-order valence-corrected chi connectivity index (χ2v) is 19.6. The van der Waals surface area contributed by atoms with E-state index in [1.54, 1.807) is 0 Å². The van der Waals surface area contributed by atoms with E-state index in [4.69, 9.17) is 32.7 Å². The molecule has 0 aromatic heterocycles. The number of hydrogen-bond donors (Lipinski definition) is 2. The number of nitrogens with zero attached hydrogens (tertiary/aromatic N) is 1. The Morgan fingerprint density at radius 2 is 1.19 bits per heavy atom. The van der Waals surface area contributed by atoms with Gasteiger partial charge in [-0.1, -0.05) is 0 Å². The summed E-state index contributed by atoms with van der Waals surface area (Å²) in [6, 6.07) is 0.960. The number of rotatable bonds is 30. The molecule has 0 aliphatic carbocycles. The summed E-state index contributed by atoms with van der Waals surface area (Å²) < 4.78 is 93.1. The molecule has 0 saturated carbocycles. The molecule has 0 aromatic carbocycles. The third kappa shape index (κ3) is 27.1. The minimum Gasteiger partial charge on any atom is -0.748 e. The standard InChI is InChI=1S/C24H53NO13S2Si2/c1-42(2,38-41)23-7-11-25(9-3-5-21-39(28,29)30,10-4-6-22-40(31,32)33)12-14-35-16-18-37-20-19-36-17-15-34-13-8-24(26)27/h3-23H2,1-2,41H3,(H2-,26,27,28,29,30,31,32,33). The van der Waals surface area contributed by atoms with E-state index in [0.717, 1.165) is 19.0 Å². The van der Waals surface area contributed by atoms with Gasteiger partial charge in [0, 0.05) is 5.75 Å². The van der Waals surface area contributed by atoms with Gasteiger partial charge in [-0.15, -0.1) is 0 Å². The lowest BCUT2D eigenvalue weighted by Crippen LogP contribution is -2.52. The Morgan fingerprint density at radius 3 is 1.64 bits per heavy atom. The summed E-state index contributed by atoms with van der Waals surface area (Å²) in [6.45, 7) is 9.72. The Labute approximate surface area is 256 Å². The van der Waals surface area contributed by atoms with Crippen molar-refractivity contribution in [1.82, 2.24) is 0 Å². The van der Waals surface area contributed by atoms with Crippen LogP contribution in [0.2, 0.25) is 19.1 Å². The molecule has 0 aliphatic rings. The lowest BCUT2D eigenvalue weighted by molar-refractivity contribution is -0.929. The normalized spacial score (nSPS) is 14.3. The Kier molecular flexibility index (Phi) is 22.6. The fourth-order valence-corrected chi connectivity index (χ4v) is 7.20. The van der Waals surface area contributed by atoms with Crippen molar-refractivity contribution in [2.24, 2.45) is 0 Å². The molecule has 0 aliphatic heterocycles. The molecular formula is C24H53NO13S2Si2. The van der Waals surface area contributed by atoms with E-state index in [9.17, 15) is 26.2 Å². The predicted molar refractivity (Wildman–Crippen MR) is 163 cm³/mol. The third-order valence-corrected chi connectivity index (χ3v) is 14.4. The van der Waals surface area contributed by atoms with Gasteiger partial charge in [-0.25, -0.2) is 8.42 Å². The number of carboxylic acids is 1. The molecule has 0 radical (unpaired) electrons. The molecule has 1 atom stereocenters. The van der Waals surface area contributed by atoms with Gasteiger partial charge in [0.05, 0.1) is 94.8 Å². The third-order valence-electron chi connectivity index (χ3n) is 6.81. The van der Waals surface area contributed by atoms with Gasteiger partial charge in [0.1, 0.15) is 17.0 Å². The highest BCUT2D eigenvalue weighted by Gasteiger charge is 2.29. The van der Waals surface area contributed by atoms with Gasteiger partial charge < -0.3 is 37.2 Å². The highest BCUT2D eigenvalue weighted by atomic mass is 32.2. The van der Waals surface area contributed by atoms with Gasteiger partial charge >= 0.3 is 5.97 Å². The maximum absolute atomic E-state index is 11.2. The zero-order chi connectivity index (χ0) is 32.0. The van der Waals surface area contributed by atoms with Crippen LogP contribution in [0.3, 0.4) is 0 Å². The van der Waals surface area contributed by atoms with Gasteiger partial charge in [-0.05, 0) is 51.2 Å². The molecule has 42 heavy (non-hydrogen) atoms. The molecule has 0 amide bonds. The second kappa shape index (κ2) is 22.9. The molecule has 252 valence electrons. The highest BCUT2D eigenvalue weighted by Crippen LogP contribution is 2.19. The quantitative estimate of drug-likeness (QED) is 0.0453. The van der Waals surface area contributed by atoms with Gasteiger partial charge in [0.15, 0.2) is 8.32 Å². The van der Waals surface area contributed by atoms with Gasteiger partial charge in [0.2, 0.25) is 0 Å². The zero-order valence-electron chi connectivity index (χ0n) is 25.5. The van der Waals surface area contributed by atoms with E-state index in [1.807, 2.05) is 0 Å². The molecule has 0 rings (SSSR count). The lowest BCUT2D eigenvalue weighted by Gasteiger charge is -2.40. The van der Waals surface area contributed by atoms with E-state index in [-0.39, 0.29) is 25.2 Å². The number of carboxylic acid groups (broad SMARTS) is 1. The molecule has 2 N–H and O–H groups in total.